The number of ether oxygens (including phenoxy) is 2. The van der Waals surface area contributed by atoms with E-state index in [2.05, 4.69) is 32.3 Å². The van der Waals surface area contributed by atoms with Crippen LogP contribution in [0.3, 0.4) is 0 Å². The molecule has 1 fully saturated rings. The van der Waals surface area contributed by atoms with E-state index in [1.165, 1.54) is 0 Å². The number of hydrogen-bond acceptors (Lipinski definition) is 6. The summed E-state index contributed by atoms with van der Waals surface area (Å²) >= 11 is 0. The molecule has 7 heteroatoms. The molecule has 1 unspecified atom stereocenters. The zero-order valence-corrected chi connectivity index (χ0v) is 22.8. The number of aliphatic hydroxyl groups is 1. The molecule has 1 aliphatic rings. The fourth-order valence-electron chi connectivity index (χ4n) is 4.59. The molecule has 0 radical (unpaired) electrons. The van der Waals surface area contributed by atoms with Crippen molar-refractivity contribution in [1.82, 2.24) is 9.80 Å². The smallest absolute Gasteiger partial charge is 0.295 e. The van der Waals surface area contributed by atoms with Crippen LogP contribution in [0.4, 0.5) is 0 Å². The first-order chi connectivity index (χ1) is 18.4. The summed E-state index contributed by atoms with van der Waals surface area (Å²) < 4.78 is 11.4. The topological polar surface area (TPSA) is 79.3 Å². The molecule has 1 atom stereocenters. The molecule has 38 heavy (non-hydrogen) atoms. The van der Waals surface area contributed by atoms with Crippen LogP contribution in [0.2, 0.25) is 0 Å². The Labute approximate surface area is 226 Å². The molecule has 1 saturated heterocycles. The fourth-order valence-corrected chi connectivity index (χ4v) is 4.59. The van der Waals surface area contributed by atoms with Gasteiger partial charge in [0.1, 0.15) is 23.9 Å². The number of ketones is 1. The molecule has 204 valence electrons. The molecule has 1 amide bonds. The Morgan fingerprint density at radius 1 is 1.03 bits per heavy atom. The van der Waals surface area contributed by atoms with Crippen LogP contribution in [0.1, 0.15) is 57.2 Å². The minimum absolute atomic E-state index is 0.0864. The summed E-state index contributed by atoms with van der Waals surface area (Å²) in [4.78, 5) is 30.5. The first-order valence-corrected chi connectivity index (χ1v) is 13.5. The summed E-state index contributed by atoms with van der Waals surface area (Å²) in [6.45, 7) is 14.0. The van der Waals surface area contributed by atoms with Gasteiger partial charge < -0.3 is 24.4 Å². The van der Waals surface area contributed by atoms with E-state index in [0.29, 0.717) is 43.2 Å². The number of amides is 1. The molecule has 7 nitrogen and oxygen atoms in total. The largest absolute Gasteiger partial charge is 0.507 e. The van der Waals surface area contributed by atoms with Crippen molar-refractivity contribution in [2.75, 3.05) is 39.4 Å². The van der Waals surface area contributed by atoms with E-state index in [1.807, 2.05) is 18.2 Å². The van der Waals surface area contributed by atoms with Gasteiger partial charge in [-0.25, -0.2) is 0 Å². The lowest BCUT2D eigenvalue weighted by molar-refractivity contribution is -0.140. The van der Waals surface area contributed by atoms with E-state index in [9.17, 15) is 14.7 Å². The lowest BCUT2D eigenvalue weighted by atomic mass is 9.95. The number of unbranched alkanes of at least 4 members (excludes halogenated alkanes) is 1. The maximum absolute atomic E-state index is 13.3. The summed E-state index contributed by atoms with van der Waals surface area (Å²) in [5.74, 6) is -0.217. The maximum Gasteiger partial charge on any atom is 0.295 e. The quantitative estimate of drug-likeness (QED) is 0.109. The number of rotatable bonds is 15. The maximum atomic E-state index is 13.3. The zero-order valence-electron chi connectivity index (χ0n) is 22.8. The Morgan fingerprint density at radius 2 is 1.76 bits per heavy atom. The number of benzene rings is 2. The molecule has 1 N–H and O–H groups in total. The lowest BCUT2D eigenvalue weighted by Crippen LogP contribution is -2.33. The minimum Gasteiger partial charge on any atom is -0.507 e. The lowest BCUT2D eigenvalue weighted by Gasteiger charge is -2.27. The summed E-state index contributed by atoms with van der Waals surface area (Å²) in [5.41, 5.74) is 1.26. The van der Waals surface area contributed by atoms with E-state index in [4.69, 9.17) is 9.47 Å². The van der Waals surface area contributed by atoms with Crippen molar-refractivity contribution in [3.63, 3.8) is 0 Å². The van der Waals surface area contributed by atoms with Crippen molar-refractivity contribution >= 4 is 17.4 Å². The van der Waals surface area contributed by atoms with Gasteiger partial charge >= 0.3 is 0 Å². The monoisotopic (exact) mass is 520 g/mol. The van der Waals surface area contributed by atoms with Gasteiger partial charge in [0.25, 0.3) is 11.7 Å². The second-order valence-corrected chi connectivity index (χ2v) is 9.27. The van der Waals surface area contributed by atoms with Gasteiger partial charge in [-0.3, -0.25) is 9.59 Å². The third kappa shape index (κ3) is 7.04. The van der Waals surface area contributed by atoms with Crippen molar-refractivity contribution in [3.8, 4) is 11.5 Å². The molecule has 0 aromatic heterocycles. The van der Waals surface area contributed by atoms with E-state index < -0.39 is 17.7 Å². The standard InChI is InChI=1S/C31H40N2O5/c1-5-9-21-38-26-13-10-12-24(22-26)29(34)27-28(23-14-16-25(17-15-23)37-20-6-2)33(31(36)30(27)35)19-11-18-32(7-3)8-4/h6,10,12-17,22,28,34H,2,5,7-9,11,18-21H2,1,3-4H3/b29-27+. The van der Waals surface area contributed by atoms with Crippen LogP contribution in [0.5, 0.6) is 11.5 Å². The van der Waals surface area contributed by atoms with Gasteiger partial charge in [-0.1, -0.05) is 64.1 Å². The van der Waals surface area contributed by atoms with Crippen LogP contribution in [0, 0.1) is 0 Å². The normalized spacial score (nSPS) is 16.7. The number of carbonyl (C=O) groups excluding carboxylic acids is 2. The number of aliphatic hydroxyl groups excluding tert-OH is 1. The highest BCUT2D eigenvalue weighted by atomic mass is 16.5. The van der Waals surface area contributed by atoms with Gasteiger partial charge in [0.2, 0.25) is 0 Å². The predicted octanol–water partition coefficient (Wildman–Crippen LogP) is 5.58. The zero-order chi connectivity index (χ0) is 27.5. The molecule has 3 rings (SSSR count). The Bertz CT molecular complexity index is 1120. The number of nitrogens with zero attached hydrogens (tertiary/aromatic N) is 2. The molecule has 0 aliphatic carbocycles. The molecular formula is C31H40N2O5. The minimum atomic E-state index is -0.704. The third-order valence-corrected chi connectivity index (χ3v) is 6.75. The SMILES string of the molecule is C=CCOc1ccc(C2/C(=C(\O)c3cccc(OCCCC)c3)C(=O)C(=O)N2CCCN(CC)CC)cc1. The Balaban J connectivity index is 1.99. The first kappa shape index (κ1) is 29.0. The van der Waals surface area contributed by atoms with Gasteiger partial charge in [-0.15, -0.1) is 0 Å². The molecule has 0 bridgehead atoms. The van der Waals surface area contributed by atoms with Crippen molar-refractivity contribution in [2.45, 2.75) is 46.1 Å². The second kappa shape index (κ2) is 14.4. The highest BCUT2D eigenvalue weighted by molar-refractivity contribution is 6.46. The number of carbonyl (C=O) groups is 2. The highest BCUT2D eigenvalue weighted by Crippen LogP contribution is 2.40. The Morgan fingerprint density at radius 3 is 2.42 bits per heavy atom. The molecule has 2 aromatic carbocycles. The van der Waals surface area contributed by atoms with Crippen LogP contribution in [-0.2, 0) is 9.59 Å². The molecule has 0 spiro atoms. The Hall–Kier alpha value is -3.58. The van der Waals surface area contributed by atoms with Gasteiger partial charge in [0.05, 0.1) is 18.2 Å². The van der Waals surface area contributed by atoms with E-state index >= 15 is 0 Å². The van der Waals surface area contributed by atoms with Crippen LogP contribution in [0.15, 0.2) is 66.8 Å². The van der Waals surface area contributed by atoms with Crippen molar-refractivity contribution in [3.05, 3.63) is 77.9 Å². The van der Waals surface area contributed by atoms with E-state index in [0.717, 1.165) is 38.0 Å². The van der Waals surface area contributed by atoms with Crippen molar-refractivity contribution in [2.24, 2.45) is 0 Å². The number of hydrogen-bond donors (Lipinski definition) is 1. The average molecular weight is 521 g/mol. The van der Waals surface area contributed by atoms with Crippen LogP contribution < -0.4 is 9.47 Å². The van der Waals surface area contributed by atoms with E-state index in [-0.39, 0.29) is 11.3 Å². The summed E-state index contributed by atoms with van der Waals surface area (Å²) in [6, 6.07) is 13.6. The number of likely N-dealkylation sites (tertiary alicyclic amines) is 1. The van der Waals surface area contributed by atoms with Crippen LogP contribution >= 0.6 is 0 Å². The Kier molecular flexibility index (Phi) is 11.0. The molecule has 0 saturated carbocycles. The van der Waals surface area contributed by atoms with Crippen molar-refractivity contribution < 1.29 is 24.2 Å². The average Bonchev–Trinajstić information content (AvgIpc) is 3.19. The van der Waals surface area contributed by atoms with Gasteiger partial charge in [0, 0.05) is 12.1 Å². The first-order valence-electron chi connectivity index (χ1n) is 13.5. The summed E-state index contributed by atoms with van der Waals surface area (Å²) in [6.07, 6.45) is 4.31. The third-order valence-electron chi connectivity index (χ3n) is 6.75. The number of Topliss-reactive ketones (excluding diaryl/α,β-unsaturated/α-hetero) is 1. The predicted molar refractivity (Wildman–Crippen MR) is 150 cm³/mol. The highest BCUT2D eigenvalue weighted by Gasteiger charge is 2.45. The second-order valence-electron chi connectivity index (χ2n) is 9.27. The van der Waals surface area contributed by atoms with Crippen LogP contribution in [-0.4, -0.2) is 66.0 Å². The summed E-state index contributed by atoms with van der Waals surface area (Å²) in [7, 11) is 0. The van der Waals surface area contributed by atoms with Gasteiger partial charge in [0.15, 0.2) is 0 Å². The molecule has 2 aromatic rings. The molecular weight excluding hydrogens is 480 g/mol. The van der Waals surface area contributed by atoms with Crippen molar-refractivity contribution in [1.29, 1.82) is 0 Å². The van der Waals surface area contributed by atoms with Crippen LogP contribution in [0.25, 0.3) is 5.76 Å². The van der Waals surface area contributed by atoms with E-state index in [1.54, 1.807) is 41.3 Å². The fraction of sp³-hybridized carbons (Fsp3) is 0.419. The van der Waals surface area contributed by atoms with Gasteiger partial charge in [-0.2, -0.15) is 0 Å². The van der Waals surface area contributed by atoms with Gasteiger partial charge in [-0.05, 0) is 62.3 Å². The molecule has 1 aliphatic heterocycles. The molecule has 1 heterocycles. The summed E-state index contributed by atoms with van der Waals surface area (Å²) in [5, 5.41) is 11.4.